The van der Waals surface area contributed by atoms with E-state index in [4.69, 9.17) is 4.42 Å². The lowest BCUT2D eigenvalue weighted by molar-refractivity contribution is -0.117. The molecule has 4 nitrogen and oxygen atoms in total. The summed E-state index contributed by atoms with van der Waals surface area (Å²) >= 11 is 1.67. The predicted molar refractivity (Wildman–Crippen MR) is 88.5 cm³/mol. The van der Waals surface area contributed by atoms with E-state index in [9.17, 15) is 9.90 Å². The van der Waals surface area contributed by atoms with Crippen LogP contribution in [-0.2, 0) is 10.4 Å². The van der Waals surface area contributed by atoms with Crippen molar-refractivity contribution in [2.45, 2.75) is 17.4 Å². The summed E-state index contributed by atoms with van der Waals surface area (Å²) in [5, 5.41) is 12.9. The van der Waals surface area contributed by atoms with Crippen LogP contribution < -0.4 is 5.32 Å². The Hall–Kier alpha value is -1.98. The predicted octanol–water partition coefficient (Wildman–Crippen LogP) is 3.04. The zero-order chi connectivity index (χ0) is 16.0. The number of benzene rings is 1. The second-order valence-corrected chi connectivity index (χ2v) is 5.96. The van der Waals surface area contributed by atoms with E-state index in [1.807, 2.05) is 30.5 Å². The third kappa shape index (κ3) is 4.51. The molecule has 0 aliphatic heterocycles. The van der Waals surface area contributed by atoms with E-state index in [0.29, 0.717) is 5.76 Å². The van der Waals surface area contributed by atoms with Crippen molar-refractivity contribution in [1.82, 2.24) is 5.32 Å². The first-order chi connectivity index (χ1) is 10.5. The molecule has 0 aliphatic rings. The van der Waals surface area contributed by atoms with Gasteiger partial charge in [0, 0.05) is 11.0 Å². The van der Waals surface area contributed by atoms with Crippen molar-refractivity contribution < 1.29 is 14.3 Å². The molecule has 1 aromatic carbocycles. The van der Waals surface area contributed by atoms with Crippen LogP contribution in [0.4, 0.5) is 0 Å². The van der Waals surface area contributed by atoms with Gasteiger partial charge in [-0.25, -0.2) is 0 Å². The molecule has 1 heterocycles. The maximum Gasteiger partial charge on any atom is 0.244 e. The molecule has 0 saturated heterocycles. The van der Waals surface area contributed by atoms with Gasteiger partial charge in [0.1, 0.15) is 11.4 Å². The summed E-state index contributed by atoms with van der Waals surface area (Å²) in [5.41, 5.74) is -0.279. The Morgan fingerprint density at radius 2 is 2.09 bits per heavy atom. The Balaban J connectivity index is 1.88. The maximum atomic E-state index is 11.8. The highest BCUT2D eigenvalue weighted by Crippen LogP contribution is 2.19. The maximum absolute atomic E-state index is 11.8. The minimum atomic E-state index is -1.23. The van der Waals surface area contributed by atoms with Gasteiger partial charge >= 0.3 is 0 Å². The van der Waals surface area contributed by atoms with Crippen molar-refractivity contribution in [3.8, 4) is 0 Å². The van der Waals surface area contributed by atoms with Crippen LogP contribution in [0.1, 0.15) is 18.2 Å². The van der Waals surface area contributed by atoms with Crippen molar-refractivity contribution in [2.75, 3.05) is 12.8 Å². The molecule has 0 saturated carbocycles. The number of hydrogen-bond acceptors (Lipinski definition) is 4. The van der Waals surface area contributed by atoms with Crippen molar-refractivity contribution in [3.63, 3.8) is 0 Å². The van der Waals surface area contributed by atoms with E-state index >= 15 is 0 Å². The number of furan rings is 1. The lowest BCUT2D eigenvalue weighted by atomic mass is 10.0. The van der Waals surface area contributed by atoms with Gasteiger partial charge < -0.3 is 14.8 Å². The van der Waals surface area contributed by atoms with Gasteiger partial charge in [0.15, 0.2) is 0 Å². The fourth-order valence-corrected chi connectivity index (χ4v) is 2.29. The van der Waals surface area contributed by atoms with E-state index in [1.165, 1.54) is 17.2 Å². The minimum absolute atomic E-state index is 0.0785. The van der Waals surface area contributed by atoms with Gasteiger partial charge in [-0.15, -0.1) is 11.8 Å². The summed E-state index contributed by atoms with van der Waals surface area (Å²) in [7, 11) is 0. The number of rotatable bonds is 6. The third-order valence-electron chi connectivity index (χ3n) is 3.20. The molecule has 2 aromatic rings. The fraction of sp³-hybridized carbons (Fsp3) is 0.235. The van der Waals surface area contributed by atoms with E-state index in [-0.39, 0.29) is 12.5 Å². The van der Waals surface area contributed by atoms with Crippen LogP contribution in [0.15, 0.2) is 58.1 Å². The molecule has 0 aliphatic carbocycles. The fourth-order valence-electron chi connectivity index (χ4n) is 1.88. The van der Waals surface area contributed by atoms with E-state index in [1.54, 1.807) is 36.9 Å². The minimum Gasteiger partial charge on any atom is -0.466 e. The summed E-state index contributed by atoms with van der Waals surface area (Å²) in [6, 6.07) is 11.3. The zero-order valence-corrected chi connectivity index (χ0v) is 13.4. The van der Waals surface area contributed by atoms with Gasteiger partial charge in [-0.1, -0.05) is 12.1 Å². The number of carbonyl (C=O) groups excluding carboxylic acids is 1. The standard InChI is InChI=1S/C17H19NO3S/c1-17(20,15-4-3-11-21-15)12-18-16(19)10-7-13-5-8-14(22-2)9-6-13/h3-11,20H,12H2,1-2H3,(H,18,19)/b10-7+/t17-/m1/s1. The number of carbonyl (C=O) groups is 1. The van der Waals surface area contributed by atoms with Crippen molar-refractivity contribution >= 4 is 23.7 Å². The van der Waals surface area contributed by atoms with E-state index in [2.05, 4.69) is 5.32 Å². The summed E-state index contributed by atoms with van der Waals surface area (Å²) < 4.78 is 5.16. The highest BCUT2D eigenvalue weighted by atomic mass is 32.2. The molecule has 0 spiro atoms. The molecule has 0 unspecified atom stereocenters. The van der Waals surface area contributed by atoms with Crippen LogP contribution >= 0.6 is 11.8 Å². The molecule has 1 atom stereocenters. The van der Waals surface area contributed by atoms with E-state index in [0.717, 1.165) is 5.56 Å². The largest absolute Gasteiger partial charge is 0.466 e. The van der Waals surface area contributed by atoms with Crippen LogP contribution in [0.5, 0.6) is 0 Å². The first kappa shape index (κ1) is 16.4. The third-order valence-corrected chi connectivity index (χ3v) is 3.95. The first-order valence-corrected chi connectivity index (χ1v) is 8.10. The van der Waals surface area contributed by atoms with Gasteiger partial charge in [0.05, 0.1) is 12.8 Å². The van der Waals surface area contributed by atoms with E-state index < -0.39 is 5.60 Å². The highest BCUT2D eigenvalue weighted by molar-refractivity contribution is 7.98. The Morgan fingerprint density at radius 1 is 1.36 bits per heavy atom. The normalized spacial score (nSPS) is 14.0. The summed E-state index contributed by atoms with van der Waals surface area (Å²) in [6.45, 7) is 1.67. The zero-order valence-electron chi connectivity index (χ0n) is 12.6. The lowest BCUT2D eigenvalue weighted by Gasteiger charge is -2.20. The molecule has 22 heavy (non-hydrogen) atoms. The molecule has 0 radical (unpaired) electrons. The summed E-state index contributed by atoms with van der Waals surface area (Å²) in [5.74, 6) is 0.158. The average molecular weight is 317 g/mol. The molecular formula is C17H19NO3S. The van der Waals surface area contributed by atoms with Gasteiger partial charge in [-0.3, -0.25) is 4.79 Å². The quantitative estimate of drug-likeness (QED) is 0.635. The number of thioether (sulfide) groups is 1. The SMILES string of the molecule is CSc1ccc(/C=C/C(=O)NC[C@@](C)(O)c2ccco2)cc1. The van der Waals surface area contributed by atoms with Crippen molar-refractivity contribution in [2.24, 2.45) is 0 Å². The molecule has 116 valence electrons. The Bertz CT molecular complexity index is 630. The molecule has 2 N–H and O–H groups in total. The number of nitrogens with one attached hydrogen (secondary N) is 1. The van der Waals surface area contributed by atoms with Crippen LogP contribution in [0.3, 0.4) is 0 Å². The van der Waals surface area contributed by atoms with Crippen molar-refractivity contribution in [3.05, 3.63) is 60.1 Å². The van der Waals surface area contributed by atoms with Gasteiger partial charge in [-0.2, -0.15) is 0 Å². The first-order valence-electron chi connectivity index (χ1n) is 6.87. The average Bonchev–Trinajstić information content (AvgIpc) is 3.07. The number of aliphatic hydroxyl groups is 1. The molecular weight excluding hydrogens is 298 g/mol. The number of amides is 1. The Labute approximate surface area is 134 Å². The van der Waals surface area contributed by atoms with Gasteiger partial charge in [0.25, 0.3) is 0 Å². The van der Waals surface area contributed by atoms with Gasteiger partial charge in [-0.05, 0) is 49.1 Å². The van der Waals surface area contributed by atoms with Crippen LogP contribution in [0, 0.1) is 0 Å². The summed E-state index contributed by atoms with van der Waals surface area (Å²) in [4.78, 5) is 13.0. The summed E-state index contributed by atoms with van der Waals surface area (Å²) in [6.07, 6.45) is 6.69. The van der Waals surface area contributed by atoms with Crippen LogP contribution in [0.2, 0.25) is 0 Å². The smallest absolute Gasteiger partial charge is 0.244 e. The Morgan fingerprint density at radius 3 is 2.68 bits per heavy atom. The molecule has 1 aromatic heterocycles. The molecule has 2 rings (SSSR count). The Kier molecular flexibility index (Phi) is 5.46. The molecule has 0 bridgehead atoms. The number of hydrogen-bond donors (Lipinski definition) is 2. The molecule has 1 amide bonds. The lowest BCUT2D eigenvalue weighted by Crippen LogP contribution is -2.37. The highest BCUT2D eigenvalue weighted by Gasteiger charge is 2.26. The molecule has 0 fully saturated rings. The van der Waals surface area contributed by atoms with Crippen molar-refractivity contribution in [1.29, 1.82) is 0 Å². The van der Waals surface area contributed by atoms with Crippen LogP contribution in [-0.4, -0.2) is 23.8 Å². The molecule has 5 heteroatoms. The van der Waals surface area contributed by atoms with Gasteiger partial charge in [0.2, 0.25) is 5.91 Å². The second-order valence-electron chi connectivity index (χ2n) is 5.08. The monoisotopic (exact) mass is 317 g/mol. The topological polar surface area (TPSA) is 62.5 Å². The van der Waals surface area contributed by atoms with Crippen LogP contribution in [0.25, 0.3) is 6.08 Å². The second kappa shape index (κ2) is 7.33.